The van der Waals surface area contributed by atoms with Crippen LogP contribution in [0.25, 0.3) is 0 Å². The van der Waals surface area contributed by atoms with Crippen LogP contribution in [0.5, 0.6) is 0 Å². The van der Waals surface area contributed by atoms with E-state index >= 15 is 0 Å². The van der Waals surface area contributed by atoms with Gasteiger partial charge < -0.3 is 14.0 Å². The fourth-order valence-corrected chi connectivity index (χ4v) is 4.58. The molecular weight excluding hydrogens is 384 g/mol. The Balaban J connectivity index is 1.79. The summed E-state index contributed by atoms with van der Waals surface area (Å²) in [4.78, 5) is 3.46. The zero-order valence-electron chi connectivity index (χ0n) is 14.6. The van der Waals surface area contributed by atoms with Crippen LogP contribution in [0.3, 0.4) is 0 Å². The van der Waals surface area contributed by atoms with Crippen LogP contribution in [0.1, 0.15) is 30.6 Å². The third-order valence-electron chi connectivity index (χ3n) is 4.12. The van der Waals surface area contributed by atoms with E-state index in [4.69, 9.17) is 14.0 Å². The smallest absolute Gasteiger partial charge is 0.252 e. The molecule has 1 aromatic carbocycles. The summed E-state index contributed by atoms with van der Waals surface area (Å²) in [5.41, 5.74) is 0. The summed E-state index contributed by atoms with van der Waals surface area (Å²) in [5.74, 6) is -1.48. The van der Waals surface area contributed by atoms with Gasteiger partial charge in [-0.05, 0) is 31.0 Å². The van der Waals surface area contributed by atoms with Crippen LogP contribution in [-0.4, -0.2) is 49.7 Å². The zero-order valence-corrected chi connectivity index (χ0v) is 15.4. The number of methoxy groups -OCH3 is 1. The number of aromatic nitrogens is 2. The van der Waals surface area contributed by atoms with Crippen molar-refractivity contribution in [2.45, 2.75) is 30.4 Å². The van der Waals surface area contributed by atoms with Crippen molar-refractivity contribution in [3.05, 3.63) is 41.5 Å². The summed E-state index contributed by atoms with van der Waals surface area (Å²) >= 11 is 0. The molecule has 1 fully saturated rings. The number of benzene rings is 1. The predicted octanol–water partition coefficient (Wildman–Crippen LogP) is 2.04. The molecule has 0 radical (unpaired) electrons. The Morgan fingerprint density at radius 1 is 1.33 bits per heavy atom. The van der Waals surface area contributed by atoms with Crippen molar-refractivity contribution in [2.75, 3.05) is 26.9 Å². The number of halogens is 2. The summed E-state index contributed by atoms with van der Waals surface area (Å²) in [5, 5.41) is 3.82. The molecular formula is C16H19F2N3O5S. The van der Waals surface area contributed by atoms with Gasteiger partial charge in [0.05, 0.1) is 19.3 Å². The molecule has 1 aliphatic rings. The van der Waals surface area contributed by atoms with Crippen LogP contribution in [0.15, 0.2) is 27.6 Å². The van der Waals surface area contributed by atoms with Crippen molar-refractivity contribution in [2.24, 2.45) is 0 Å². The van der Waals surface area contributed by atoms with Crippen molar-refractivity contribution in [3.63, 3.8) is 0 Å². The minimum absolute atomic E-state index is 0.0638. The zero-order chi connectivity index (χ0) is 19.4. The van der Waals surface area contributed by atoms with Crippen LogP contribution in [-0.2, 0) is 26.1 Å². The SMILES string of the molecule is COCCOCc1nc(C2CCCN2S(=O)(=O)c2cc(F)ccc2F)no1. The largest absolute Gasteiger partial charge is 0.382 e. The van der Waals surface area contributed by atoms with Gasteiger partial charge in [-0.25, -0.2) is 17.2 Å². The highest BCUT2D eigenvalue weighted by molar-refractivity contribution is 7.89. The van der Waals surface area contributed by atoms with E-state index in [0.29, 0.717) is 32.1 Å². The fraction of sp³-hybridized carbons (Fsp3) is 0.500. The average Bonchev–Trinajstić information content (AvgIpc) is 3.30. The van der Waals surface area contributed by atoms with E-state index in [1.165, 1.54) is 0 Å². The summed E-state index contributed by atoms with van der Waals surface area (Å²) in [6, 6.07) is 1.61. The topological polar surface area (TPSA) is 94.8 Å². The molecule has 0 aliphatic carbocycles. The van der Waals surface area contributed by atoms with Gasteiger partial charge in [-0.15, -0.1) is 0 Å². The number of nitrogens with zero attached hydrogens (tertiary/aromatic N) is 3. The molecule has 1 unspecified atom stereocenters. The molecule has 0 amide bonds. The second-order valence-corrected chi connectivity index (χ2v) is 7.80. The number of hydrogen-bond donors (Lipinski definition) is 0. The Hall–Kier alpha value is -1.95. The maximum absolute atomic E-state index is 14.0. The van der Waals surface area contributed by atoms with Gasteiger partial charge in [0.25, 0.3) is 5.89 Å². The summed E-state index contributed by atoms with van der Waals surface area (Å²) in [6.45, 7) is 0.970. The molecule has 1 atom stereocenters. The van der Waals surface area contributed by atoms with Crippen LogP contribution in [0, 0.1) is 11.6 Å². The molecule has 1 aromatic heterocycles. The second kappa shape index (κ2) is 8.38. The quantitative estimate of drug-likeness (QED) is 0.623. The molecule has 2 heterocycles. The molecule has 0 N–H and O–H groups in total. The normalized spacial score (nSPS) is 18.3. The second-order valence-electron chi connectivity index (χ2n) is 5.94. The van der Waals surface area contributed by atoms with Gasteiger partial charge in [-0.3, -0.25) is 0 Å². The van der Waals surface area contributed by atoms with Crippen LogP contribution in [0.2, 0.25) is 0 Å². The minimum Gasteiger partial charge on any atom is -0.382 e. The summed E-state index contributed by atoms with van der Waals surface area (Å²) < 4.78 is 69.4. The van der Waals surface area contributed by atoms with Crippen molar-refractivity contribution in [3.8, 4) is 0 Å². The molecule has 1 aliphatic heterocycles. The Labute approximate surface area is 155 Å². The number of sulfonamides is 1. The molecule has 11 heteroatoms. The van der Waals surface area contributed by atoms with Gasteiger partial charge in [0.2, 0.25) is 10.0 Å². The van der Waals surface area contributed by atoms with Crippen LogP contribution < -0.4 is 0 Å². The van der Waals surface area contributed by atoms with Gasteiger partial charge in [0, 0.05) is 13.7 Å². The van der Waals surface area contributed by atoms with Crippen molar-refractivity contribution in [1.29, 1.82) is 0 Å². The molecule has 0 spiro atoms. The highest BCUT2D eigenvalue weighted by Gasteiger charge is 2.40. The highest BCUT2D eigenvalue weighted by Crippen LogP contribution is 2.36. The van der Waals surface area contributed by atoms with E-state index in [9.17, 15) is 17.2 Å². The summed E-state index contributed by atoms with van der Waals surface area (Å²) in [7, 11) is -2.71. The van der Waals surface area contributed by atoms with E-state index in [1.807, 2.05) is 0 Å². The predicted molar refractivity (Wildman–Crippen MR) is 88.1 cm³/mol. The maximum atomic E-state index is 14.0. The maximum Gasteiger partial charge on any atom is 0.252 e. The van der Waals surface area contributed by atoms with Gasteiger partial charge in [-0.1, -0.05) is 5.16 Å². The lowest BCUT2D eigenvalue weighted by atomic mass is 10.2. The van der Waals surface area contributed by atoms with Gasteiger partial charge >= 0.3 is 0 Å². The third kappa shape index (κ3) is 4.32. The Bertz CT molecular complexity index is 890. The highest BCUT2D eigenvalue weighted by atomic mass is 32.2. The van der Waals surface area contributed by atoms with Crippen molar-refractivity contribution in [1.82, 2.24) is 14.4 Å². The Morgan fingerprint density at radius 2 is 2.15 bits per heavy atom. The first-order valence-electron chi connectivity index (χ1n) is 8.29. The van der Waals surface area contributed by atoms with Gasteiger partial charge in [-0.2, -0.15) is 9.29 Å². The van der Waals surface area contributed by atoms with Crippen molar-refractivity contribution >= 4 is 10.0 Å². The van der Waals surface area contributed by atoms with Crippen LogP contribution >= 0.6 is 0 Å². The van der Waals surface area contributed by atoms with E-state index in [-0.39, 0.29) is 24.9 Å². The molecule has 2 aromatic rings. The first-order valence-corrected chi connectivity index (χ1v) is 9.73. The first kappa shape index (κ1) is 19.8. The van der Waals surface area contributed by atoms with E-state index < -0.39 is 32.6 Å². The molecule has 8 nitrogen and oxygen atoms in total. The van der Waals surface area contributed by atoms with Crippen molar-refractivity contribution < 1.29 is 31.2 Å². The lowest BCUT2D eigenvalue weighted by molar-refractivity contribution is 0.0494. The lowest BCUT2D eigenvalue weighted by Gasteiger charge is -2.21. The first-order chi connectivity index (χ1) is 12.9. The lowest BCUT2D eigenvalue weighted by Crippen LogP contribution is -2.32. The molecule has 3 rings (SSSR count). The Kier molecular flexibility index (Phi) is 6.15. The standard InChI is InChI=1S/C16H19F2N3O5S/c1-24-7-8-25-10-15-19-16(20-26-15)13-3-2-6-21(13)27(22,23)14-9-11(17)4-5-12(14)18/h4-5,9,13H,2-3,6-8,10H2,1H3. The van der Waals surface area contributed by atoms with Gasteiger partial charge in [0.15, 0.2) is 5.82 Å². The van der Waals surface area contributed by atoms with E-state index in [0.717, 1.165) is 16.4 Å². The molecule has 0 saturated carbocycles. The summed E-state index contributed by atoms with van der Waals surface area (Å²) in [6.07, 6.45) is 0.981. The molecule has 1 saturated heterocycles. The van der Waals surface area contributed by atoms with E-state index in [1.54, 1.807) is 7.11 Å². The van der Waals surface area contributed by atoms with E-state index in [2.05, 4.69) is 10.1 Å². The number of hydrogen-bond acceptors (Lipinski definition) is 7. The third-order valence-corrected chi connectivity index (χ3v) is 6.05. The average molecular weight is 403 g/mol. The number of ether oxygens (including phenoxy) is 2. The minimum atomic E-state index is -4.26. The monoisotopic (exact) mass is 403 g/mol. The fourth-order valence-electron chi connectivity index (χ4n) is 2.85. The Morgan fingerprint density at radius 3 is 2.93 bits per heavy atom. The van der Waals surface area contributed by atoms with Crippen LogP contribution in [0.4, 0.5) is 8.78 Å². The van der Waals surface area contributed by atoms with Gasteiger partial charge in [0.1, 0.15) is 23.1 Å². The number of rotatable bonds is 8. The molecule has 27 heavy (non-hydrogen) atoms. The molecule has 0 bridgehead atoms. The molecule has 148 valence electrons.